The number of nitrogens with zero attached hydrogens (tertiary/aromatic N) is 4. The van der Waals surface area contributed by atoms with Gasteiger partial charge in [0.15, 0.2) is 12.8 Å². The molecule has 9 heteroatoms. The first-order valence-electron chi connectivity index (χ1n) is 8.52. The van der Waals surface area contributed by atoms with Crippen LogP contribution in [0.5, 0.6) is 0 Å². The summed E-state index contributed by atoms with van der Waals surface area (Å²) in [4.78, 5) is 28.5. The highest BCUT2D eigenvalue weighted by molar-refractivity contribution is 7.11. The van der Waals surface area contributed by atoms with Crippen molar-refractivity contribution in [1.82, 2.24) is 25.2 Å². The van der Waals surface area contributed by atoms with Gasteiger partial charge in [-0.05, 0) is 19.3 Å². The van der Waals surface area contributed by atoms with Gasteiger partial charge < -0.3 is 19.1 Å². The lowest BCUT2D eigenvalue weighted by molar-refractivity contribution is 0.191. The van der Waals surface area contributed by atoms with Crippen molar-refractivity contribution in [3.05, 3.63) is 52.3 Å². The zero-order chi connectivity index (χ0) is 17.8. The Kier molecular flexibility index (Phi) is 4.96. The zero-order valence-corrected chi connectivity index (χ0v) is 15.0. The topological polar surface area (TPSA) is 97.3 Å². The molecule has 4 rings (SSSR count). The van der Waals surface area contributed by atoms with Gasteiger partial charge in [0, 0.05) is 17.8 Å². The molecule has 0 saturated carbocycles. The van der Waals surface area contributed by atoms with Gasteiger partial charge in [0.2, 0.25) is 0 Å². The third kappa shape index (κ3) is 3.93. The monoisotopic (exact) mass is 373 g/mol. The molecule has 8 nitrogen and oxygen atoms in total. The molecule has 0 atom stereocenters. The number of fused-ring (bicyclic) bond motifs is 1. The van der Waals surface area contributed by atoms with E-state index < -0.39 is 0 Å². The Labute approximate surface area is 154 Å². The molecule has 3 aromatic rings. The number of thiazole rings is 1. The highest BCUT2D eigenvalue weighted by Gasteiger charge is 2.19. The van der Waals surface area contributed by atoms with Crippen LogP contribution in [0.1, 0.15) is 33.4 Å². The van der Waals surface area contributed by atoms with Gasteiger partial charge in [-0.1, -0.05) is 0 Å². The highest BCUT2D eigenvalue weighted by atomic mass is 32.1. The van der Waals surface area contributed by atoms with Crippen LogP contribution >= 0.6 is 11.3 Å². The molecule has 0 spiro atoms. The van der Waals surface area contributed by atoms with Crippen LogP contribution < -0.4 is 5.32 Å². The molecule has 1 aliphatic rings. The highest BCUT2D eigenvalue weighted by Crippen LogP contribution is 2.27. The maximum Gasteiger partial charge on any atom is 0.318 e. The number of carbonyl (C=O) groups is 1. The summed E-state index contributed by atoms with van der Waals surface area (Å²) in [5.41, 5.74) is 2.61. The second-order valence-corrected chi connectivity index (χ2v) is 7.30. The van der Waals surface area contributed by atoms with Crippen molar-refractivity contribution in [2.45, 2.75) is 38.8 Å². The van der Waals surface area contributed by atoms with Crippen LogP contribution in [0.15, 0.2) is 34.1 Å². The van der Waals surface area contributed by atoms with E-state index in [0.717, 1.165) is 24.3 Å². The van der Waals surface area contributed by atoms with E-state index in [1.165, 1.54) is 42.3 Å². The molecule has 136 valence electrons. The minimum absolute atomic E-state index is 0.180. The largest absolute Gasteiger partial charge is 0.451 e. The summed E-state index contributed by atoms with van der Waals surface area (Å²) in [6.07, 6.45) is 9.94. The molecule has 1 N–H and O–H groups in total. The Hall–Kier alpha value is -2.68. The van der Waals surface area contributed by atoms with Crippen molar-refractivity contribution in [3.63, 3.8) is 0 Å². The van der Waals surface area contributed by atoms with E-state index in [1.54, 1.807) is 16.2 Å². The molecule has 0 aromatic carbocycles. The third-order valence-corrected chi connectivity index (χ3v) is 5.43. The summed E-state index contributed by atoms with van der Waals surface area (Å²) in [5.74, 6) is 0. The average Bonchev–Trinajstić information content (AvgIpc) is 3.39. The molecule has 0 saturated heterocycles. The molecule has 3 heterocycles. The Morgan fingerprint density at radius 1 is 1.15 bits per heavy atom. The van der Waals surface area contributed by atoms with Crippen molar-refractivity contribution < 1.29 is 13.6 Å². The van der Waals surface area contributed by atoms with E-state index >= 15 is 0 Å². The van der Waals surface area contributed by atoms with Crippen LogP contribution in [-0.4, -0.2) is 32.4 Å². The first kappa shape index (κ1) is 16.8. The lowest BCUT2D eigenvalue weighted by Gasteiger charge is -2.21. The molecule has 26 heavy (non-hydrogen) atoms. The van der Waals surface area contributed by atoms with Crippen molar-refractivity contribution in [2.75, 3.05) is 6.54 Å². The smallest absolute Gasteiger partial charge is 0.318 e. The van der Waals surface area contributed by atoms with E-state index in [4.69, 9.17) is 8.83 Å². The van der Waals surface area contributed by atoms with Gasteiger partial charge in [-0.3, -0.25) is 0 Å². The van der Waals surface area contributed by atoms with Crippen molar-refractivity contribution in [2.24, 2.45) is 0 Å². The molecular formula is C17H19N5O3S. The van der Waals surface area contributed by atoms with Gasteiger partial charge in [-0.25, -0.2) is 19.7 Å². The van der Waals surface area contributed by atoms with Crippen LogP contribution in [0.25, 0.3) is 0 Å². The number of rotatable bonds is 7. The number of carbonyl (C=O) groups excluding carboxylic acids is 1. The van der Waals surface area contributed by atoms with E-state index in [1.807, 2.05) is 0 Å². The minimum Gasteiger partial charge on any atom is -0.451 e. The zero-order valence-electron chi connectivity index (χ0n) is 14.2. The summed E-state index contributed by atoms with van der Waals surface area (Å²) in [6.45, 7) is 1.21. The number of amides is 2. The number of hydrogen-bond acceptors (Lipinski definition) is 7. The number of oxazole rings is 2. The summed E-state index contributed by atoms with van der Waals surface area (Å²) in [6, 6.07) is -0.180. The van der Waals surface area contributed by atoms with E-state index in [9.17, 15) is 4.79 Å². The maximum atomic E-state index is 12.6. The second kappa shape index (κ2) is 7.69. The normalized spacial score (nSPS) is 12.9. The van der Waals surface area contributed by atoms with Crippen LogP contribution in [0.2, 0.25) is 0 Å². The fraction of sp³-hybridized carbons (Fsp3) is 0.412. The SMILES string of the molecule is O=C(NCCc1nc2c(s1)CCC2)N(Cc1cocn1)Cc1cocn1. The lowest BCUT2D eigenvalue weighted by Crippen LogP contribution is -2.40. The third-order valence-electron chi connectivity index (χ3n) is 4.21. The number of hydrogen-bond donors (Lipinski definition) is 1. The first-order valence-corrected chi connectivity index (χ1v) is 9.34. The molecule has 0 bridgehead atoms. The molecule has 2 amide bonds. The molecule has 0 radical (unpaired) electrons. The molecule has 0 aliphatic heterocycles. The number of aryl methyl sites for hydroxylation is 2. The Morgan fingerprint density at radius 3 is 2.50 bits per heavy atom. The lowest BCUT2D eigenvalue weighted by atomic mass is 10.3. The van der Waals surface area contributed by atoms with Gasteiger partial charge in [-0.15, -0.1) is 11.3 Å². The average molecular weight is 373 g/mol. The second-order valence-electron chi connectivity index (χ2n) is 6.13. The van der Waals surface area contributed by atoms with Crippen LogP contribution in [0, 0.1) is 0 Å². The van der Waals surface area contributed by atoms with Crippen molar-refractivity contribution in [1.29, 1.82) is 0 Å². The van der Waals surface area contributed by atoms with Gasteiger partial charge in [0.25, 0.3) is 0 Å². The van der Waals surface area contributed by atoms with Gasteiger partial charge >= 0.3 is 6.03 Å². The predicted molar refractivity (Wildman–Crippen MR) is 93.5 cm³/mol. The standard InChI is InChI=1S/C17H19N5O3S/c23-17(18-5-4-16-21-14-2-1-3-15(14)26-16)22(6-12-8-24-10-19-12)7-13-9-25-11-20-13/h8-11H,1-7H2,(H,18,23). The Balaban J connectivity index is 1.33. The number of aromatic nitrogens is 3. The summed E-state index contributed by atoms with van der Waals surface area (Å²) in [5, 5.41) is 4.05. The van der Waals surface area contributed by atoms with Crippen molar-refractivity contribution in [3.8, 4) is 0 Å². The van der Waals surface area contributed by atoms with Gasteiger partial charge in [0.1, 0.15) is 12.5 Å². The quantitative estimate of drug-likeness (QED) is 0.684. The number of urea groups is 1. The van der Waals surface area contributed by atoms with Crippen molar-refractivity contribution >= 4 is 17.4 Å². The summed E-state index contributed by atoms with van der Waals surface area (Å²) in [7, 11) is 0. The molecule has 3 aromatic heterocycles. The summed E-state index contributed by atoms with van der Waals surface area (Å²) >= 11 is 1.77. The van der Waals surface area contributed by atoms with Crippen LogP contribution in [0.3, 0.4) is 0 Å². The summed E-state index contributed by atoms with van der Waals surface area (Å²) < 4.78 is 9.98. The predicted octanol–water partition coefficient (Wildman–Crippen LogP) is 2.56. The van der Waals surface area contributed by atoms with E-state index in [-0.39, 0.29) is 6.03 Å². The number of nitrogens with one attached hydrogen (secondary N) is 1. The molecule has 1 aliphatic carbocycles. The van der Waals surface area contributed by atoms with E-state index in [0.29, 0.717) is 31.0 Å². The molecule has 0 unspecified atom stereocenters. The fourth-order valence-electron chi connectivity index (χ4n) is 2.96. The van der Waals surface area contributed by atoms with Crippen LogP contribution in [-0.2, 0) is 32.4 Å². The maximum absolute atomic E-state index is 12.6. The first-order chi connectivity index (χ1) is 12.8. The van der Waals surface area contributed by atoms with E-state index in [2.05, 4.69) is 20.3 Å². The molecule has 0 fully saturated rings. The fourth-order valence-corrected chi connectivity index (χ4v) is 4.12. The van der Waals surface area contributed by atoms with Gasteiger partial charge in [-0.2, -0.15) is 0 Å². The molecular weight excluding hydrogens is 354 g/mol. The van der Waals surface area contributed by atoms with Gasteiger partial charge in [0.05, 0.1) is 35.2 Å². The minimum atomic E-state index is -0.180. The Morgan fingerprint density at radius 2 is 1.88 bits per heavy atom. The van der Waals surface area contributed by atoms with Crippen LogP contribution in [0.4, 0.5) is 4.79 Å². The Bertz CT molecular complexity index is 786.